The highest BCUT2D eigenvalue weighted by molar-refractivity contribution is 5.96. The number of carbonyl (C=O) groups excluding carboxylic acids is 1. The predicted octanol–water partition coefficient (Wildman–Crippen LogP) is 5.40. The van der Waals surface area contributed by atoms with Crippen molar-refractivity contribution in [1.82, 2.24) is 0 Å². The highest BCUT2D eigenvalue weighted by Gasteiger charge is 2.39. The van der Waals surface area contributed by atoms with Gasteiger partial charge in [0, 0.05) is 5.56 Å². The fraction of sp³-hybridized carbons (Fsp3) is 0.278. The van der Waals surface area contributed by atoms with Crippen molar-refractivity contribution in [2.75, 3.05) is 0 Å². The van der Waals surface area contributed by atoms with Gasteiger partial charge in [0.1, 0.15) is 6.29 Å². The van der Waals surface area contributed by atoms with Crippen LogP contribution < -0.4 is 0 Å². The topological polar surface area (TPSA) is 17.1 Å². The molecule has 22 heavy (non-hydrogen) atoms. The summed E-state index contributed by atoms with van der Waals surface area (Å²) < 4.78 is 38.2. The average molecular weight is 304 g/mol. The molecule has 0 amide bonds. The molecule has 0 aromatic heterocycles. The van der Waals surface area contributed by atoms with Crippen LogP contribution in [0.25, 0.3) is 16.3 Å². The molecule has 0 saturated heterocycles. The number of aldehydes is 1. The molecule has 3 rings (SSSR count). The van der Waals surface area contributed by atoms with E-state index in [1.807, 2.05) is 24.3 Å². The monoisotopic (exact) mass is 304 g/mol. The van der Waals surface area contributed by atoms with E-state index in [1.165, 1.54) is 0 Å². The molecule has 0 fully saturated rings. The third-order valence-corrected chi connectivity index (χ3v) is 4.26. The molecule has 1 aliphatic rings. The first kappa shape index (κ1) is 14.8. The van der Waals surface area contributed by atoms with Gasteiger partial charge in [0.25, 0.3) is 0 Å². The van der Waals surface area contributed by atoms with E-state index >= 15 is 0 Å². The molecule has 1 aliphatic carbocycles. The molecule has 0 N–H and O–H groups in total. The molecule has 2 aromatic rings. The zero-order chi connectivity index (χ0) is 15.7. The van der Waals surface area contributed by atoms with E-state index in [0.29, 0.717) is 12.0 Å². The van der Waals surface area contributed by atoms with Gasteiger partial charge >= 0.3 is 6.18 Å². The van der Waals surface area contributed by atoms with Gasteiger partial charge in [0.15, 0.2) is 0 Å². The number of hydrogen-bond acceptors (Lipinski definition) is 1. The number of benzene rings is 2. The first-order chi connectivity index (χ1) is 10.5. The Morgan fingerprint density at radius 2 is 1.95 bits per heavy atom. The van der Waals surface area contributed by atoms with E-state index in [9.17, 15) is 18.0 Å². The fourth-order valence-corrected chi connectivity index (χ4v) is 3.03. The number of fused-ring (bicyclic) bond motifs is 1. The minimum atomic E-state index is -4.11. The van der Waals surface area contributed by atoms with Crippen molar-refractivity contribution in [3.63, 3.8) is 0 Å². The highest BCUT2D eigenvalue weighted by atomic mass is 19.4. The predicted molar refractivity (Wildman–Crippen MR) is 80.7 cm³/mol. The van der Waals surface area contributed by atoms with Gasteiger partial charge in [-0.25, -0.2) is 0 Å². The third-order valence-electron chi connectivity index (χ3n) is 4.26. The first-order valence-electron chi connectivity index (χ1n) is 7.23. The Morgan fingerprint density at radius 3 is 2.59 bits per heavy atom. The zero-order valence-electron chi connectivity index (χ0n) is 11.9. The van der Waals surface area contributed by atoms with Gasteiger partial charge in [-0.2, -0.15) is 13.2 Å². The van der Waals surface area contributed by atoms with Crippen LogP contribution in [0.1, 0.15) is 35.2 Å². The first-order valence-corrected chi connectivity index (χ1v) is 7.23. The van der Waals surface area contributed by atoms with Crippen LogP contribution in [0.3, 0.4) is 0 Å². The molecular formula is C18H15F3O. The van der Waals surface area contributed by atoms with E-state index in [4.69, 9.17) is 0 Å². The summed E-state index contributed by atoms with van der Waals surface area (Å²) in [5, 5.41) is 1.91. The second kappa shape index (κ2) is 5.59. The maximum absolute atomic E-state index is 12.7. The standard InChI is InChI=1S/C18H15F3O/c19-18(20,21)15-7-5-13(6-8-15)16-3-1-2-14-10-12(11-22)4-9-17(14)16/h1-5,9-11,15H,6-8H2. The Kier molecular flexibility index (Phi) is 3.77. The lowest BCUT2D eigenvalue weighted by atomic mass is 9.84. The van der Waals surface area contributed by atoms with E-state index in [1.54, 1.807) is 18.2 Å². The van der Waals surface area contributed by atoms with Gasteiger partial charge in [-0.15, -0.1) is 0 Å². The molecular weight excluding hydrogens is 289 g/mol. The number of allylic oxidation sites excluding steroid dienone is 2. The largest absolute Gasteiger partial charge is 0.392 e. The van der Waals surface area contributed by atoms with Crippen molar-refractivity contribution < 1.29 is 18.0 Å². The average Bonchev–Trinajstić information content (AvgIpc) is 2.53. The van der Waals surface area contributed by atoms with Crippen LogP contribution >= 0.6 is 0 Å². The lowest BCUT2D eigenvalue weighted by Gasteiger charge is -2.24. The van der Waals surface area contributed by atoms with Gasteiger partial charge in [-0.3, -0.25) is 4.79 Å². The summed E-state index contributed by atoms with van der Waals surface area (Å²) in [5.41, 5.74) is 2.53. The molecule has 114 valence electrons. The van der Waals surface area contributed by atoms with Crippen LogP contribution in [0.2, 0.25) is 0 Å². The van der Waals surface area contributed by atoms with Crippen LogP contribution in [-0.2, 0) is 0 Å². The van der Waals surface area contributed by atoms with E-state index < -0.39 is 12.1 Å². The van der Waals surface area contributed by atoms with Gasteiger partial charge in [0.2, 0.25) is 0 Å². The smallest absolute Gasteiger partial charge is 0.298 e. The second-order valence-electron chi connectivity index (χ2n) is 5.65. The molecule has 1 unspecified atom stereocenters. The molecule has 0 heterocycles. The molecule has 0 saturated carbocycles. The zero-order valence-corrected chi connectivity index (χ0v) is 11.9. The number of carbonyl (C=O) groups is 1. The highest BCUT2D eigenvalue weighted by Crippen LogP contribution is 2.40. The molecule has 2 aromatic carbocycles. The van der Waals surface area contributed by atoms with Crippen molar-refractivity contribution in [3.05, 3.63) is 53.6 Å². The van der Waals surface area contributed by atoms with Gasteiger partial charge in [0.05, 0.1) is 5.92 Å². The number of rotatable bonds is 2. The second-order valence-corrected chi connectivity index (χ2v) is 5.65. The summed E-state index contributed by atoms with van der Waals surface area (Å²) in [6.07, 6.45) is -0.998. The van der Waals surface area contributed by atoms with Crippen LogP contribution in [0.15, 0.2) is 42.5 Å². The van der Waals surface area contributed by atoms with Crippen LogP contribution in [0.4, 0.5) is 13.2 Å². The number of halogens is 3. The maximum atomic E-state index is 12.7. The molecule has 0 bridgehead atoms. The minimum Gasteiger partial charge on any atom is -0.298 e. The number of alkyl halides is 3. The molecule has 4 heteroatoms. The Hall–Kier alpha value is -2.10. The minimum absolute atomic E-state index is 0.0433. The van der Waals surface area contributed by atoms with E-state index in [2.05, 4.69) is 0 Å². The van der Waals surface area contributed by atoms with Crippen LogP contribution in [-0.4, -0.2) is 12.5 Å². The fourth-order valence-electron chi connectivity index (χ4n) is 3.03. The normalized spacial score (nSPS) is 19.0. The summed E-state index contributed by atoms with van der Waals surface area (Å²) in [6.45, 7) is 0. The summed E-state index contributed by atoms with van der Waals surface area (Å²) in [4.78, 5) is 10.8. The quantitative estimate of drug-likeness (QED) is 0.679. The van der Waals surface area contributed by atoms with Crippen molar-refractivity contribution in [2.45, 2.75) is 25.4 Å². The summed E-state index contributed by atoms with van der Waals surface area (Å²) >= 11 is 0. The Morgan fingerprint density at radius 1 is 1.14 bits per heavy atom. The molecule has 0 spiro atoms. The van der Waals surface area contributed by atoms with Gasteiger partial charge in [-0.1, -0.05) is 36.4 Å². The Balaban J connectivity index is 1.98. The van der Waals surface area contributed by atoms with E-state index in [0.717, 1.165) is 28.2 Å². The van der Waals surface area contributed by atoms with Crippen LogP contribution in [0, 0.1) is 5.92 Å². The van der Waals surface area contributed by atoms with Crippen LogP contribution in [0.5, 0.6) is 0 Å². The third kappa shape index (κ3) is 2.78. The van der Waals surface area contributed by atoms with Gasteiger partial charge in [-0.05, 0) is 47.2 Å². The summed E-state index contributed by atoms with van der Waals surface area (Å²) in [5.74, 6) is -1.23. The summed E-state index contributed by atoms with van der Waals surface area (Å²) in [6, 6.07) is 11.1. The molecule has 1 atom stereocenters. The van der Waals surface area contributed by atoms with Gasteiger partial charge < -0.3 is 0 Å². The molecule has 1 nitrogen and oxygen atoms in total. The van der Waals surface area contributed by atoms with Crippen molar-refractivity contribution in [3.8, 4) is 0 Å². The lowest BCUT2D eigenvalue weighted by Crippen LogP contribution is -2.24. The maximum Gasteiger partial charge on any atom is 0.392 e. The molecule has 0 aliphatic heterocycles. The summed E-state index contributed by atoms with van der Waals surface area (Å²) in [7, 11) is 0. The number of hydrogen-bond donors (Lipinski definition) is 0. The Labute approximate surface area is 126 Å². The molecule has 0 radical (unpaired) electrons. The Bertz CT molecular complexity index is 744. The SMILES string of the molecule is O=Cc1ccc2c(C3=CCC(C(F)(F)F)CC3)cccc2c1. The van der Waals surface area contributed by atoms with Crippen molar-refractivity contribution in [1.29, 1.82) is 0 Å². The van der Waals surface area contributed by atoms with E-state index in [-0.39, 0.29) is 12.8 Å². The van der Waals surface area contributed by atoms with Crippen molar-refractivity contribution in [2.24, 2.45) is 5.92 Å². The lowest BCUT2D eigenvalue weighted by molar-refractivity contribution is -0.175. The van der Waals surface area contributed by atoms with Crippen molar-refractivity contribution >= 4 is 22.6 Å².